The molecule has 0 bridgehead atoms. The molecule has 1 atom stereocenters. The summed E-state index contributed by atoms with van der Waals surface area (Å²) in [7, 11) is 0. The first-order valence-electron chi connectivity index (χ1n) is 8.62. The Labute approximate surface area is 146 Å². The second-order valence-electron chi connectivity index (χ2n) is 6.75. The minimum atomic E-state index is 0.195. The Morgan fingerprint density at radius 1 is 1.25 bits per heavy atom. The highest BCUT2D eigenvalue weighted by atomic mass is 32.1. The van der Waals surface area contributed by atoms with E-state index in [1.165, 1.54) is 16.9 Å². The molecule has 126 valence electrons. The molecule has 2 aromatic rings. The van der Waals surface area contributed by atoms with Crippen LogP contribution in [0.3, 0.4) is 0 Å². The van der Waals surface area contributed by atoms with Gasteiger partial charge in [0.1, 0.15) is 5.82 Å². The summed E-state index contributed by atoms with van der Waals surface area (Å²) in [5.41, 5.74) is 1.40. The smallest absolute Gasteiger partial charge is 0.264 e. The maximum Gasteiger partial charge on any atom is 0.264 e. The standard InChI is InChI=1S/C18H22N4OS/c1-13-2-3-15-14(10-13)11-16(24-15)18(23)22-8-6-21(7-9-22)17-12-19-4-5-20-17/h4-5,11-13H,2-3,6-10H2,1H3. The largest absolute Gasteiger partial charge is 0.352 e. The lowest BCUT2D eigenvalue weighted by molar-refractivity contribution is 0.0751. The fraction of sp³-hybridized carbons (Fsp3) is 0.500. The fourth-order valence-corrected chi connectivity index (χ4v) is 4.74. The lowest BCUT2D eigenvalue weighted by Gasteiger charge is -2.35. The van der Waals surface area contributed by atoms with E-state index in [0.717, 1.165) is 55.6 Å². The molecule has 2 aliphatic rings. The molecule has 1 fully saturated rings. The molecule has 0 radical (unpaired) electrons. The molecule has 2 aromatic heterocycles. The van der Waals surface area contributed by atoms with Gasteiger partial charge in [-0.15, -0.1) is 11.3 Å². The van der Waals surface area contributed by atoms with Crippen LogP contribution in [-0.4, -0.2) is 47.0 Å². The minimum absolute atomic E-state index is 0.195. The van der Waals surface area contributed by atoms with Crippen LogP contribution in [0.2, 0.25) is 0 Å². The Morgan fingerprint density at radius 2 is 2.08 bits per heavy atom. The van der Waals surface area contributed by atoms with Crippen LogP contribution in [0.4, 0.5) is 5.82 Å². The van der Waals surface area contributed by atoms with E-state index >= 15 is 0 Å². The van der Waals surface area contributed by atoms with Gasteiger partial charge in [0.05, 0.1) is 11.1 Å². The molecule has 3 heterocycles. The number of amides is 1. The van der Waals surface area contributed by atoms with Crippen molar-refractivity contribution >= 4 is 23.1 Å². The minimum Gasteiger partial charge on any atom is -0.352 e. The van der Waals surface area contributed by atoms with Crippen LogP contribution in [0.15, 0.2) is 24.7 Å². The topological polar surface area (TPSA) is 49.3 Å². The van der Waals surface area contributed by atoms with Crippen LogP contribution in [-0.2, 0) is 12.8 Å². The number of rotatable bonds is 2. The third-order valence-corrected chi connectivity index (χ3v) is 6.21. The Hall–Kier alpha value is -1.95. The molecule has 24 heavy (non-hydrogen) atoms. The molecular formula is C18H22N4OS. The molecule has 1 saturated heterocycles. The normalized spacial score (nSPS) is 20.8. The molecule has 1 aliphatic carbocycles. The van der Waals surface area contributed by atoms with Crippen LogP contribution in [0.5, 0.6) is 0 Å². The zero-order valence-electron chi connectivity index (χ0n) is 13.9. The number of nitrogens with zero attached hydrogens (tertiary/aromatic N) is 4. The van der Waals surface area contributed by atoms with E-state index in [0.29, 0.717) is 0 Å². The number of piperazine rings is 1. The third-order valence-electron chi connectivity index (χ3n) is 4.98. The summed E-state index contributed by atoms with van der Waals surface area (Å²) in [5.74, 6) is 1.83. The van der Waals surface area contributed by atoms with Crippen molar-refractivity contribution < 1.29 is 4.79 Å². The number of aryl methyl sites for hydroxylation is 1. The van der Waals surface area contributed by atoms with Crippen molar-refractivity contribution in [3.63, 3.8) is 0 Å². The maximum absolute atomic E-state index is 12.8. The molecule has 0 N–H and O–H groups in total. The van der Waals surface area contributed by atoms with Crippen molar-refractivity contribution in [3.8, 4) is 0 Å². The van der Waals surface area contributed by atoms with Gasteiger partial charge in [0.15, 0.2) is 0 Å². The van der Waals surface area contributed by atoms with E-state index < -0.39 is 0 Å². The molecule has 0 aromatic carbocycles. The van der Waals surface area contributed by atoms with Gasteiger partial charge in [-0.2, -0.15) is 0 Å². The van der Waals surface area contributed by atoms with Gasteiger partial charge in [-0.05, 0) is 36.8 Å². The van der Waals surface area contributed by atoms with E-state index in [-0.39, 0.29) is 5.91 Å². The van der Waals surface area contributed by atoms with Crippen molar-refractivity contribution in [2.75, 3.05) is 31.1 Å². The van der Waals surface area contributed by atoms with E-state index in [9.17, 15) is 4.79 Å². The van der Waals surface area contributed by atoms with Crippen LogP contribution in [0.25, 0.3) is 0 Å². The maximum atomic E-state index is 12.8. The predicted molar refractivity (Wildman–Crippen MR) is 95.7 cm³/mol. The van der Waals surface area contributed by atoms with Gasteiger partial charge in [0.2, 0.25) is 0 Å². The molecule has 6 heteroatoms. The van der Waals surface area contributed by atoms with Crippen LogP contribution in [0.1, 0.15) is 33.5 Å². The molecule has 1 aliphatic heterocycles. The predicted octanol–water partition coefficient (Wildman–Crippen LogP) is 2.63. The van der Waals surface area contributed by atoms with Gasteiger partial charge in [0, 0.05) is 43.4 Å². The van der Waals surface area contributed by atoms with Crippen LogP contribution < -0.4 is 4.90 Å². The number of aromatic nitrogens is 2. The van der Waals surface area contributed by atoms with E-state index in [4.69, 9.17) is 0 Å². The van der Waals surface area contributed by atoms with E-state index in [1.807, 2.05) is 4.90 Å². The number of fused-ring (bicyclic) bond motifs is 1. The van der Waals surface area contributed by atoms with Crippen molar-refractivity contribution in [1.29, 1.82) is 0 Å². The van der Waals surface area contributed by atoms with Gasteiger partial charge in [0.25, 0.3) is 5.91 Å². The number of anilines is 1. The average molecular weight is 342 g/mol. The summed E-state index contributed by atoms with van der Waals surface area (Å²) < 4.78 is 0. The van der Waals surface area contributed by atoms with Crippen molar-refractivity contribution in [2.45, 2.75) is 26.2 Å². The Kier molecular flexibility index (Phi) is 4.22. The zero-order chi connectivity index (χ0) is 16.5. The first kappa shape index (κ1) is 15.6. The van der Waals surface area contributed by atoms with Crippen LogP contribution in [0, 0.1) is 5.92 Å². The second kappa shape index (κ2) is 6.51. The molecule has 0 saturated carbocycles. The Bertz CT molecular complexity index is 722. The molecule has 4 rings (SSSR count). The lowest BCUT2D eigenvalue weighted by Crippen LogP contribution is -2.48. The van der Waals surface area contributed by atoms with Gasteiger partial charge in [-0.3, -0.25) is 9.78 Å². The third kappa shape index (κ3) is 3.02. The molecule has 0 spiro atoms. The Morgan fingerprint density at radius 3 is 2.83 bits per heavy atom. The number of hydrogen-bond acceptors (Lipinski definition) is 5. The van der Waals surface area contributed by atoms with Gasteiger partial charge in [-0.25, -0.2) is 4.98 Å². The summed E-state index contributed by atoms with van der Waals surface area (Å²) in [4.78, 5) is 27.8. The van der Waals surface area contributed by atoms with E-state index in [1.54, 1.807) is 29.9 Å². The molecular weight excluding hydrogens is 320 g/mol. The fourth-order valence-electron chi connectivity index (χ4n) is 3.56. The second-order valence-corrected chi connectivity index (χ2v) is 7.89. The van der Waals surface area contributed by atoms with Crippen LogP contribution >= 0.6 is 11.3 Å². The lowest BCUT2D eigenvalue weighted by atomic mass is 9.90. The highest BCUT2D eigenvalue weighted by Gasteiger charge is 2.26. The van der Waals surface area contributed by atoms with Gasteiger partial charge in [-0.1, -0.05) is 6.92 Å². The number of carbonyl (C=O) groups excluding carboxylic acids is 1. The highest BCUT2D eigenvalue weighted by molar-refractivity contribution is 7.14. The van der Waals surface area contributed by atoms with Gasteiger partial charge >= 0.3 is 0 Å². The number of hydrogen-bond donors (Lipinski definition) is 0. The summed E-state index contributed by atoms with van der Waals surface area (Å²) >= 11 is 1.71. The monoisotopic (exact) mass is 342 g/mol. The average Bonchev–Trinajstić information content (AvgIpc) is 3.05. The van der Waals surface area contributed by atoms with Gasteiger partial charge < -0.3 is 9.80 Å². The summed E-state index contributed by atoms with van der Waals surface area (Å²) in [5, 5.41) is 0. The first-order valence-corrected chi connectivity index (χ1v) is 9.44. The summed E-state index contributed by atoms with van der Waals surface area (Å²) in [6.07, 6.45) is 8.69. The first-order chi connectivity index (χ1) is 11.7. The molecule has 5 nitrogen and oxygen atoms in total. The molecule has 1 amide bonds. The summed E-state index contributed by atoms with van der Waals surface area (Å²) in [6, 6.07) is 2.15. The van der Waals surface area contributed by atoms with Crippen molar-refractivity contribution in [2.24, 2.45) is 5.92 Å². The number of thiophene rings is 1. The van der Waals surface area contributed by atoms with Crippen molar-refractivity contribution in [3.05, 3.63) is 40.0 Å². The Balaban J connectivity index is 1.42. The van der Waals surface area contributed by atoms with Crippen molar-refractivity contribution in [1.82, 2.24) is 14.9 Å². The quantitative estimate of drug-likeness (QED) is 0.842. The highest BCUT2D eigenvalue weighted by Crippen LogP contribution is 2.32. The SMILES string of the molecule is CC1CCc2sc(C(=O)N3CCN(c4cnccn4)CC3)cc2C1. The molecule has 1 unspecified atom stereocenters. The number of carbonyl (C=O) groups is 1. The van der Waals surface area contributed by atoms with E-state index in [2.05, 4.69) is 27.9 Å². The summed E-state index contributed by atoms with van der Waals surface area (Å²) in [6.45, 7) is 5.41. The zero-order valence-corrected chi connectivity index (χ0v) is 14.8.